The lowest BCUT2D eigenvalue weighted by Gasteiger charge is -2.32. The Labute approximate surface area is 247 Å². The molecule has 0 radical (unpaired) electrons. The Morgan fingerprint density at radius 1 is 0.900 bits per heavy atom. The number of unbranched alkanes of at least 4 members (excludes halogenated alkanes) is 1. The molecule has 0 spiro atoms. The fraction of sp³-hybridized carbons (Fsp3) is 0.333. The maximum Gasteiger partial charge on any atom is 0.264 e. The number of halogens is 2. The number of rotatable bonds is 12. The largest absolute Gasteiger partial charge is 0.354 e. The van der Waals surface area contributed by atoms with Crippen LogP contribution in [0.3, 0.4) is 0 Å². The molecule has 0 aromatic heterocycles. The van der Waals surface area contributed by atoms with Crippen molar-refractivity contribution < 1.29 is 18.0 Å². The van der Waals surface area contributed by atoms with Crippen LogP contribution in [0.25, 0.3) is 0 Å². The molecule has 40 heavy (non-hydrogen) atoms. The molecule has 214 valence electrons. The molecule has 0 aliphatic heterocycles. The molecule has 3 aromatic carbocycles. The number of hydrogen-bond acceptors (Lipinski definition) is 4. The zero-order valence-electron chi connectivity index (χ0n) is 23.2. The number of benzene rings is 3. The number of hydrogen-bond donors (Lipinski definition) is 1. The van der Waals surface area contributed by atoms with Gasteiger partial charge in [-0.2, -0.15) is 0 Å². The van der Waals surface area contributed by atoms with Gasteiger partial charge >= 0.3 is 0 Å². The van der Waals surface area contributed by atoms with Crippen molar-refractivity contribution in [2.75, 3.05) is 17.4 Å². The lowest BCUT2D eigenvalue weighted by Crippen LogP contribution is -2.51. The molecule has 3 rings (SSSR count). The lowest BCUT2D eigenvalue weighted by molar-refractivity contribution is -0.139. The summed E-state index contributed by atoms with van der Waals surface area (Å²) in [6.45, 7) is 7.52. The number of sulfonamides is 1. The van der Waals surface area contributed by atoms with Crippen molar-refractivity contribution in [1.29, 1.82) is 0 Å². The topological polar surface area (TPSA) is 86.8 Å². The molecule has 0 fully saturated rings. The number of anilines is 1. The first-order chi connectivity index (χ1) is 18.9. The third-order valence-electron chi connectivity index (χ3n) is 6.49. The van der Waals surface area contributed by atoms with Gasteiger partial charge in [0.25, 0.3) is 10.0 Å². The SMILES string of the molecule is CCCCNC(=O)[C@H](C)N(Cc1ccc(C)cc1)C(=O)CN(c1cc(Cl)cc(Cl)c1)S(=O)(=O)c1ccc(C)cc1. The van der Waals surface area contributed by atoms with E-state index in [1.807, 2.05) is 45.0 Å². The van der Waals surface area contributed by atoms with Crippen molar-refractivity contribution in [3.63, 3.8) is 0 Å². The maximum absolute atomic E-state index is 13.9. The number of carbonyl (C=O) groups is 2. The zero-order valence-corrected chi connectivity index (χ0v) is 25.5. The van der Waals surface area contributed by atoms with Gasteiger partial charge in [0, 0.05) is 23.1 Å². The second-order valence-electron chi connectivity index (χ2n) is 9.78. The maximum atomic E-state index is 13.9. The standard InChI is InChI=1S/C30H35Cl2N3O4S/c1-5-6-15-33-30(37)23(4)34(19-24-11-7-21(2)8-12-24)29(36)20-35(27-17-25(31)16-26(32)18-27)40(38,39)28-13-9-22(3)10-14-28/h7-14,16-18,23H,5-6,15,19-20H2,1-4H3,(H,33,37)/t23-/m0/s1. The van der Waals surface area contributed by atoms with Crippen LogP contribution < -0.4 is 9.62 Å². The van der Waals surface area contributed by atoms with Crippen LogP contribution in [0.4, 0.5) is 5.69 Å². The summed E-state index contributed by atoms with van der Waals surface area (Å²) in [5, 5.41) is 3.32. The van der Waals surface area contributed by atoms with Crippen LogP contribution in [0, 0.1) is 13.8 Å². The Morgan fingerprint density at radius 2 is 1.45 bits per heavy atom. The third kappa shape index (κ3) is 8.22. The van der Waals surface area contributed by atoms with Crippen molar-refractivity contribution in [2.45, 2.75) is 58.0 Å². The minimum atomic E-state index is -4.21. The highest BCUT2D eigenvalue weighted by Gasteiger charge is 2.32. The number of amides is 2. The third-order valence-corrected chi connectivity index (χ3v) is 8.72. The van der Waals surface area contributed by atoms with E-state index in [-0.39, 0.29) is 33.1 Å². The molecular weight excluding hydrogens is 569 g/mol. The Balaban J connectivity index is 2.03. The predicted octanol–water partition coefficient (Wildman–Crippen LogP) is 6.14. The van der Waals surface area contributed by atoms with E-state index in [0.29, 0.717) is 6.54 Å². The number of carbonyl (C=O) groups excluding carboxylic acids is 2. The molecule has 1 N–H and O–H groups in total. The number of nitrogens with one attached hydrogen (secondary N) is 1. The van der Waals surface area contributed by atoms with E-state index < -0.39 is 28.5 Å². The summed E-state index contributed by atoms with van der Waals surface area (Å²) in [7, 11) is -4.21. The van der Waals surface area contributed by atoms with Crippen molar-refractivity contribution in [1.82, 2.24) is 10.2 Å². The van der Waals surface area contributed by atoms with Gasteiger partial charge in [-0.15, -0.1) is 0 Å². The van der Waals surface area contributed by atoms with Gasteiger partial charge in [0.2, 0.25) is 11.8 Å². The van der Waals surface area contributed by atoms with E-state index in [2.05, 4.69) is 5.32 Å². The van der Waals surface area contributed by atoms with Crippen LogP contribution in [-0.4, -0.2) is 44.3 Å². The van der Waals surface area contributed by atoms with E-state index in [9.17, 15) is 18.0 Å². The fourth-order valence-electron chi connectivity index (χ4n) is 4.06. The first kappa shape index (κ1) is 31.5. The van der Waals surface area contributed by atoms with Gasteiger partial charge in [0.05, 0.1) is 10.6 Å². The van der Waals surface area contributed by atoms with Crippen molar-refractivity contribution in [3.05, 3.63) is 93.5 Å². The molecule has 0 saturated heterocycles. The van der Waals surface area contributed by atoms with Crippen LogP contribution in [0.15, 0.2) is 71.6 Å². The summed E-state index contributed by atoms with van der Waals surface area (Å²) in [5.74, 6) is -0.863. The Morgan fingerprint density at radius 3 is 2.00 bits per heavy atom. The molecule has 1 atom stereocenters. The highest BCUT2D eigenvalue weighted by atomic mass is 35.5. The summed E-state index contributed by atoms with van der Waals surface area (Å²) in [5.41, 5.74) is 2.90. The van der Waals surface area contributed by atoms with Gasteiger partial charge in [0.1, 0.15) is 12.6 Å². The molecule has 0 heterocycles. The molecule has 7 nitrogen and oxygen atoms in total. The first-order valence-corrected chi connectivity index (χ1v) is 15.3. The van der Waals surface area contributed by atoms with Crippen LogP contribution in [-0.2, 0) is 26.2 Å². The molecule has 0 aliphatic rings. The van der Waals surface area contributed by atoms with Gasteiger partial charge in [-0.25, -0.2) is 8.42 Å². The van der Waals surface area contributed by atoms with Crippen molar-refractivity contribution in [3.8, 4) is 0 Å². The minimum absolute atomic E-state index is 0.0115. The quantitative estimate of drug-likeness (QED) is 0.252. The highest BCUT2D eigenvalue weighted by Crippen LogP contribution is 2.30. The van der Waals surface area contributed by atoms with Crippen molar-refractivity contribution >= 4 is 50.7 Å². The first-order valence-electron chi connectivity index (χ1n) is 13.1. The zero-order chi connectivity index (χ0) is 29.4. The second-order valence-corrected chi connectivity index (χ2v) is 12.5. The molecule has 10 heteroatoms. The van der Waals surface area contributed by atoms with Gasteiger partial charge < -0.3 is 10.2 Å². The molecule has 0 aliphatic carbocycles. The average Bonchev–Trinajstić information content (AvgIpc) is 2.90. The fourth-order valence-corrected chi connectivity index (χ4v) is 5.97. The number of nitrogens with zero attached hydrogens (tertiary/aromatic N) is 2. The highest BCUT2D eigenvalue weighted by molar-refractivity contribution is 7.92. The van der Waals surface area contributed by atoms with E-state index in [1.165, 1.54) is 35.2 Å². The molecular formula is C30H35Cl2N3O4S. The molecule has 0 saturated carbocycles. The summed E-state index contributed by atoms with van der Waals surface area (Å²) >= 11 is 12.5. The lowest BCUT2D eigenvalue weighted by atomic mass is 10.1. The minimum Gasteiger partial charge on any atom is -0.354 e. The van der Waals surface area contributed by atoms with Gasteiger partial charge in [-0.05, 0) is 63.1 Å². The smallest absolute Gasteiger partial charge is 0.264 e. The van der Waals surface area contributed by atoms with Crippen molar-refractivity contribution in [2.24, 2.45) is 0 Å². The second kappa shape index (κ2) is 14.0. The predicted molar refractivity (Wildman–Crippen MR) is 161 cm³/mol. The summed E-state index contributed by atoms with van der Waals surface area (Å²) in [6, 6.07) is 17.5. The van der Waals surface area contributed by atoms with Crippen LogP contribution in [0.1, 0.15) is 43.4 Å². The van der Waals surface area contributed by atoms with Gasteiger partial charge in [-0.1, -0.05) is 84.1 Å². The summed E-state index contributed by atoms with van der Waals surface area (Å²) in [6.07, 6.45) is 1.72. The Hall–Kier alpha value is -3.07. The molecule has 3 aromatic rings. The van der Waals surface area contributed by atoms with E-state index in [4.69, 9.17) is 23.2 Å². The summed E-state index contributed by atoms with van der Waals surface area (Å²) < 4.78 is 28.8. The molecule has 0 bridgehead atoms. The summed E-state index contributed by atoms with van der Waals surface area (Å²) in [4.78, 5) is 28.4. The van der Waals surface area contributed by atoms with Crippen LogP contribution in [0.5, 0.6) is 0 Å². The van der Waals surface area contributed by atoms with Crippen LogP contribution >= 0.6 is 23.2 Å². The van der Waals surface area contributed by atoms with Crippen LogP contribution in [0.2, 0.25) is 10.0 Å². The van der Waals surface area contributed by atoms with E-state index in [0.717, 1.165) is 33.8 Å². The average molecular weight is 605 g/mol. The molecule has 0 unspecified atom stereocenters. The number of aryl methyl sites for hydroxylation is 2. The molecule has 2 amide bonds. The Bertz CT molecular complexity index is 1410. The van der Waals surface area contributed by atoms with Gasteiger partial charge in [-0.3, -0.25) is 13.9 Å². The monoisotopic (exact) mass is 603 g/mol. The van der Waals surface area contributed by atoms with E-state index >= 15 is 0 Å². The Kier molecular flexibility index (Phi) is 11.0. The van der Waals surface area contributed by atoms with Gasteiger partial charge in [0.15, 0.2) is 0 Å². The van der Waals surface area contributed by atoms with E-state index in [1.54, 1.807) is 19.1 Å². The normalized spacial score (nSPS) is 12.1.